The number of nitrogens with zero attached hydrogens (tertiary/aromatic N) is 1. The van der Waals surface area contributed by atoms with Gasteiger partial charge in [-0.05, 0) is 6.42 Å². The molecular weight excluding hydrogens is 200 g/mol. The van der Waals surface area contributed by atoms with E-state index in [4.69, 9.17) is 5.73 Å². The van der Waals surface area contributed by atoms with Crippen LogP contribution in [0.2, 0.25) is 0 Å². The fourth-order valence-corrected chi connectivity index (χ4v) is 1.19. The van der Waals surface area contributed by atoms with Crippen LogP contribution in [0.25, 0.3) is 0 Å². The maximum atomic E-state index is 13.1. The van der Waals surface area contributed by atoms with Crippen LogP contribution in [0.3, 0.4) is 0 Å². The van der Waals surface area contributed by atoms with Crippen LogP contribution in [0, 0.1) is 11.6 Å². The quantitative estimate of drug-likeness (QED) is 0.742. The van der Waals surface area contributed by atoms with Gasteiger partial charge in [-0.1, -0.05) is 19.8 Å². The predicted octanol–water partition coefficient (Wildman–Crippen LogP) is 2.54. The summed E-state index contributed by atoms with van der Waals surface area (Å²) in [5.74, 6) is -1.80. The molecule has 0 aliphatic heterocycles. The topological polar surface area (TPSA) is 50.9 Å². The van der Waals surface area contributed by atoms with Crippen molar-refractivity contribution in [2.24, 2.45) is 0 Å². The molecule has 3 nitrogen and oxygen atoms in total. The Labute approximate surface area is 87.7 Å². The summed E-state index contributed by atoms with van der Waals surface area (Å²) in [4.78, 5) is 3.59. The highest BCUT2D eigenvalue weighted by Gasteiger charge is 2.08. The van der Waals surface area contributed by atoms with Crippen LogP contribution in [0.4, 0.5) is 20.4 Å². The molecule has 3 N–H and O–H groups in total. The van der Waals surface area contributed by atoms with Gasteiger partial charge in [0.05, 0.1) is 0 Å². The molecule has 0 unspecified atom stereocenters. The van der Waals surface area contributed by atoms with Gasteiger partial charge in [0.2, 0.25) is 0 Å². The molecule has 0 aliphatic carbocycles. The van der Waals surface area contributed by atoms with Crippen molar-refractivity contribution in [3.05, 3.63) is 17.7 Å². The first-order valence-electron chi connectivity index (χ1n) is 5.00. The number of halogens is 2. The Kier molecular flexibility index (Phi) is 4.27. The minimum absolute atomic E-state index is 0.0185. The van der Waals surface area contributed by atoms with Gasteiger partial charge >= 0.3 is 0 Å². The third-order valence-corrected chi connectivity index (χ3v) is 2.03. The van der Waals surface area contributed by atoms with Crippen molar-refractivity contribution in [3.8, 4) is 0 Å². The van der Waals surface area contributed by atoms with Crippen LogP contribution in [0.15, 0.2) is 6.07 Å². The van der Waals surface area contributed by atoms with E-state index in [0.717, 1.165) is 25.3 Å². The number of anilines is 2. The third kappa shape index (κ3) is 3.34. The summed E-state index contributed by atoms with van der Waals surface area (Å²) in [5.41, 5.74) is 5.23. The summed E-state index contributed by atoms with van der Waals surface area (Å²) < 4.78 is 25.9. The van der Waals surface area contributed by atoms with E-state index in [1.54, 1.807) is 0 Å². The Morgan fingerprint density at radius 3 is 2.73 bits per heavy atom. The summed E-state index contributed by atoms with van der Waals surface area (Å²) in [6, 6.07) is 0.741. The maximum absolute atomic E-state index is 13.1. The molecule has 0 amide bonds. The van der Waals surface area contributed by atoms with E-state index in [1.807, 2.05) is 0 Å². The Morgan fingerprint density at radius 2 is 2.07 bits per heavy atom. The minimum atomic E-state index is -0.827. The number of nitrogen functional groups attached to an aromatic ring is 1. The summed E-state index contributed by atoms with van der Waals surface area (Å²) in [6.07, 6.45) is 3.07. The van der Waals surface area contributed by atoms with Gasteiger partial charge in [0, 0.05) is 12.6 Å². The SMILES string of the molecule is CCCCCNc1nc(N)c(F)cc1F. The zero-order chi connectivity index (χ0) is 11.3. The average molecular weight is 215 g/mol. The molecule has 0 saturated carbocycles. The molecule has 1 heterocycles. The van der Waals surface area contributed by atoms with E-state index in [1.165, 1.54) is 0 Å². The molecule has 1 aromatic rings. The highest BCUT2D eigenvalue weighted by atomic mass is 19.1. The van der Waals surface area contributed by atoms with Gasteiger partial charge in [-0.3, -0.25) is 0 Å². The first-order valence-corrected chi connectivity index (χ1v) is 5.00. The van der Waals surface area contributed by atoms with E-state index < -0.39 is 11.6 Å². The first kappa shape index (κ1) is 11.7. The van der Waals surface area contributed by atoms with Gasteiger partial charge in [0.25, 0.3) is 0 Å². The van der Waals surface area contributed by atoms with Gasteiger partial charge in [-0.2, -0.15) is 0 Å². The Balaban J connectivity index is 2.57. The highest BCUT2D eigenvalue weighted by Crippen LogP contribution is 2.16. The van der Waals surface area contributed by atoms with Crippen LogP contribution in [-0.4, -0.2) is 11.5 Å². The number of nitrogens with one attached hydrogen (secondary N) is 1. The van der Waals surface area contributed by atoms with E-state index >= 15 is 0 Å². The summed E-state index contributed by atoms with van der Waals surface area (Å²) in [7, 11) is 0. The molecule has 0 bridgehead atoms. The number of hydrogen-bond donors (Lipinski definition) is 2. The predicted molar refractivity (Wildman–Crippen MR) is 56.6 cm³/mol. The van der Waals surface area contributed by atoms with Crippen molar-refractivity contribution in [2.75, 3.05) is 17.6 Å². The molecule has 1 rings (SSSR count). The first-order chi connectivity index (χ1) is 7.15. The lowest BCUT2D eigenvalue weighted by Gasteiger charge is -2.07. The molecule has 15 heavy (non-hydrogen) atoms. The van der Waals surface area contributed by atoms with Crippen LogP contribution < -0.4 is 11.1 Å². The smallest absolute Gasteiger partial charge is 0.168 e. The lowest BCUT2D eigenvalue weighted by molar-refractivity contribution is 0.579. The highest BCUT2D eigenvalue weighted by molar-refractivity contribution is 5.44. The number of aromatic nitrogens is 1. The van der Waals surface area contributed by atoms with Crippen molar-refractivity contribution in [2.45, 2.75) is 26.2 Å². The second-order valence-corrected chi connectivity index (χ2v) is 3.32. The van der Waals surface area contributed by atoms with Crippen molar-refractivity contribution in [1.29, 1.82) is 0 Å². The summed E-state index contributed by atoms with van der Waals surface area (Å²) in [6.45, 7) is 2.69. The van der Waals surface area contributed by atoms with E-state index in [9.17, 15) is 8.78 Å². The van der Waals surface area contributed by atoms with Crippen molar-refractivity contribution in [1.82, 2.24) is 4.98 Å². The zero-order valence-corrected chi connectivity index (χ0v) is 8.69. The summed E-state index contributed by atoms with van der Waals surface area (Å²) >= 11 is 0. The van der Waals surface area contributed by atoms with Gasteiger partial charge in [-0.25, -0.2) is 13.8 Å². The lowest BCUT2D eigenvalue weighted by atomic mass is 10.2. The van der Waals surface area contributed by atoms with E-state index in [2.05, 4.69) is 17.2 Å². The van der Waals surface area contributed by atoms with Crippen molar-refractivity contribution in [3.63, 3.8) is 0 Å². The molecule has 0 radical (unpaired) electrons. The maximum Gasteiger partial charge on any atom is 0.168 e. The Bertz CT molecular complexity index is 329. The molecule has 5 heteroatoms. The Morgan fingerprint density at radius 1 is 1.33 bits per heavy atom. The van der Waals surface area contributed by atoms with Crippen LogP contribution in [-0.2, 0) is 0 Å². The number of rotatable bonds is 5. The minimum Gasteiger partial charge on any atom is -0.381 e. The summed E-state index contributed by atoms with van der Waals surface area (Å²) in [5, 5.41) is 2.78. The largest absolute Gasteiger partial charge is 0.381 e. The molecule has 0 aliphatic rings. The number of hydrogen-bond acceptors (Lipinski definition) is 3. The Hall–Kier alpha value is -1.39. The van der Waals surface area contributed by atoms with Crippen LogP contribution >= 0.6 is 0 Å². The van der Waals surface area contributed by atoms with Crippen molar-refractivity contribution < 1.29 is 8.78 Å². The molecule has 84 valence electrons. The molecule has 0 aromatic carbocycles. The molecule has 0 fully saturated rings. The van der Waals surface area contributed by atoms with Gasteiger partial charge < -0.3 is 11.1 Å². The van der Waals surface area contributed by atoms with Gasteiger partial charge in [-0.15, -0.1) is 0 Å². The van der Waals surface area contributed by atoms with E-state index in [0.29, 0.717) is 6.54 Å². The average Bonchev–Trinajstić information content (AvgIpc) is 2.20. The van der Waals surface area contributed by atoms with Gasteiger partial charge in [0.15, 0.2) is 23.3 Å². The molecule has 1 aromatic heterocycles. The van der Waals surface area contributed by atoms with Crippen LogP contribution in [0.5, 0.6) is 0 Å². The monoisotopic (exact) mass is 215 g/mol. The second kappa shape index (κ2) is 5.48. The molecule has 0 spiro atoms. The molecule has 0 saturated heterocycles. The lowest BCUT2D eigenvalue weighted by Crippen LogP contribution is -2.08. The molecule has 0 atom stereocenters. The molecular formula is C10H15F2N3. The number of nitrogens with two attached hydrogens (primary N) is 1. The standard InChI is InChI=1S/C10H15F2N3/c1-2-3-4-5-14-10-8(12)6-7(11)9(13)15-10/h6H,2-5H2,1H3,(H3,13,14,15). The van der Waals surface area contributed by atoms with E-state index in [-0.39, 0.29) is 11.6 Å². The normalized spacial score (nSPS) is 10.3. The second-order valence-electron chi connectivity index (χ2n) is 3.32. The van der Waals surface area contributed by atoms with Gasteiger partial charge in [0.1, 0.15) is 0 Å². The fraction of sp³-hybridized carbons (Fsp3) is 0.500. The number of pyridine rings is 1. The fourth-order valence-electron chi connectivity index (χ4n) is 1.19. The zero-order valence-electron chi connectivity index (χ0n) is 8.69. The third-order valence-electron chi connectivity index (χ3n) is 2.03. The van der Waals surface area contributed by atoms with Crippen molar-refractivity contribution >= 4 is 11.6 Å². The van der Waals surface area contributed by atoms with Crippen LogP contribution in [0.1, 0.15) is 26.2 Å². The number of unbranched alkanes of at least 4 members (excludes halogenated alkanes) is 2.